The highest BCUT2D eigenvalue weighted by Gasteiger charge is 2.15. The molecule has 0 atom stereocenters. The molecule has 0 bridgehead atoms. The van der Waals surface area contributed by atoms with E-state index in [4.69, 9.17) is 0 Å². The molecule has 0 aromatic heterocycles. The summed E-state index contributed by atoms with van der Waals surface area (Å²) in [6.07, 6.45) is 0. The van der Waals surface area contributed by atoms with Crippen molar-refractivity contribution in [3.8, 4) is 0 Å². The van der Waals surface area contributed by atoms with E-state index in [1.807, 2.05) is 32.0 Å². The van der Waals surface area contributed by atoms with E-state index in [2.05, 4.69) is 10.0 Å². The summed E-state index contributed by atoms with van der Waals surface area (Å²) in [6.45, 7) is 7.32. The van der Waals surface area contributed by atoms with Gasteiger partial charge in [-0.1, -0.05) is 18.2 Å². The highest BCUT2D eigenvalue weighted by Crippen LogP contribution is 2.23. The summed E-state index contributed by atoms with van der Waals surface area (Å²) in [6, 6.07) is 11.0. The van der Waals surface area contributed by atoms with E-state index in [1.165, 1.54) is 0 Å². The largest absolute Gasteiger partial charge is 0.381 e. The van der Waals surface area contributed by atoms with Gasteiger partial charge < -0.3 is 5.32 Å². The van der Waals surface area contributed by atoms with Gasteiger partial charge in [0.25, 0.3) is 0 Å². The summed E-state index contributed by atoms with van der Waals surface area (Å²) in [5.41, 5.74) is 5.27. The third-order valence-corrected chi connectivity index (χ3v) is 6.12. The Hall–Kier alpha value is -2.08. The van der Waals surface area contributed by atoms with Crippen molar-refractivity contribution in [2.24, 2.45) is 0 Å². The van der Waals surface area contributed by atoms with Gasteiger partial charge in [0.2, 0.25) is 10.0 Å². The zero-order chi connectivity index (χ0) is 18.6. The number of hydrogen-bond donors (Lipinski definition) is 2. The minimum atomic E-state index is -3.33. The van der Waals surface area contributed by atoms with Crippen molar-refractivity contribution in [2.45, 2.75) is 46.2 Å². The summed E-state index contributed by atoms with van der Waals surface area (Å²) in [7, 11) is -3.33. The predicted molar refractivity (Wildman–Crippen MR) is 102 cm³/mol. The number of halogens is 1. The van der Waals surface area contributed by atoms with Crippen LogP contribution in [0.15, 0.2) is 36.4 Å². The second kappa shape index (κ2) is 7.87. The van der Waals surface area contributed by atoms with E-state index in [0.717, 1.165) is 22.4 Å². The van der Waals surface area contributed by atoms with Crippen LogP contribution in [0, 0.1) is 13.8 Å². The lowest BCUT2D eigenvalue weighted by atomic mass is 10.0. The van der Waals surface area contributed by atoms with Gasteiger partial charge in [-0.15, -0.1) is 0 Å². The van der Waals surface area contributed by atoms with Crippen molar-refractivity contribution in [3.05, 3.63) is 58.7 Å². The molecule has 0 saturated carbocycles. The van der Waals surface area contributed by atoms with Crippen LogP contribution in [0.4, 0.5) is 15.8 Å². The lowest BCUT2D eigenvalue weighted by molar-refractivity contribution is 0.483. The van der Waals surface area contributed by atoms with Crippen LogP contribution in [0.5, 0.6) is 0 Å². The topological polar surface area (TPSA) is 58.2 Å². The first-order valence-electron chi connectivity index (χ1n) is 8.24. The molecule has 25 heavy (non-hydrogen) atoms. The number of nitrogens with one attached hydrogen (secondary N) is 2. The maximum absolute atomic E-state index is 12.9. The van der Waals surface area contributed by atoms with E-state index >= 15 is 0 Å². The first-order valence-corrected chi connectivity index (χ1v) is 9.78. The number of anilines is 2. The third kappa shape index (κ3) is 4.72. The average molecular weight is 364 g/mol. The molecule has 6 heteroatoms. The van der Waals surface area contributed by atoms with Gasteiger partial charge in [-0.2, -0.15) is 0 Å². The fourth-order valence-electron chi connectivity index (χ4n) is 2.38. The highest BCUT2D eigenvalue weighted by atomic mass is 32.2. The Balaban J connectivity index is 2.04. The molecule has 4 nitrogen and oxygen atoms in total. The number of rotatable bonds is 7. The first kappa shape index (κ1) is 19.2. The van der Waals surface area contributed by atoms with Gasteiger partial charge in [-0.3, -0.25) is 4.72 Å². The van der Waals surface area contributed by atoms with E-state index in [1.54, 1.807) is 32.0 Å². The normalized spacial score (nSPS) is 11.6. The maximum Gasteiger partial charge on any atom is 0.235 e. The molecule has 2 aromatic rings. The standard InChI is InChI=1S/C19H25FN2O2S/c1-13(2)25(23,24)22-18-8-5-16(6-9-18)12-21-19-10-7-17(11-20)14(3)15(19)4/h5-10,13,21-22H,11-12H2,1-4H3. The lowest BCUT2D eigenvalue weighted by Crippen LogP contribution is -2.22. The Bertz CT molecular complexity index is 831. The fourth-order valence-corrected chi connectivity index (χ4v) is 3.08. The van der Waals surface area contributed by atoms with Crippen LogP contribution in [0.2, 0.25) is 0 Å². The molecule has 0 aliphatic heterocycles. The summed E-state index contributed by atoms with van der Waals surface area (Å²) < 4.78 is 39.2. The number of hydrogen-bond acceptors (Lipinski definition) is 3. The molecule has 0 fully saturated rings. The smallest absolute Gasteiger partial charge is 0.235 e. The quantitative estimate of drug-likeness (QED) is 0.758. The van der Waals surface area contributed by atoms with Gasteiger partial charge in [0.1, 0.15) is 6.67 Å². The molecular formula is C19H25FN2O2S. The predicted octanol–water partition coefficient (Wildman–Crippen LogP) is 4.54. The van der Waals surface area contributed by atoms with Crippen LogP contribution in [-0.2, 0) is 23.2 Å². The Morgan fingerprint density at radius 2 is 1.64 bits per heavy atom. The van der Waals surface area contributed by atoms with Crippen LogP contribution in [0.3, 0.4) is 0 Å². The van der Waals surface area contributed by atoms with Crippen LogP contribution in [0.25, 0.3) is 0 Å². The van der Waals surface area contributed by atoms with E-state index < -0.39 is 21.9 Å². The highest BCUT2D eigenvalue weighted by molar-refractivity contribution is 7.93. The Morgan fingerprint density at radius 3 is 2.20 bits per heavy atom. The Morgan fingerprint density at radius 1 is 1.00 bits per heavy atom. The molecule has 2 N–H and O–H groups in total. The van der Waals surface area contributed by atoms with Crippen molar-refractivity contribution in [3.63, 3.8) is 0 Å². The van der Waals surface area contributed by atoms with E-state index in [0.29, 0.717) is 17.8 Å². The van der Waals surface area contributed by atoms with Crippen LogP contribution < -0.4 is 10.0 Å². The minimum absolute atomic E-state index is 0.458. The van der Waals surface area contributed by atoms with Crippen molar-refractivity contribution in [1.82, 2.24) is 0 Å². The van der Waals surface area contributed by atoms with Crippen LogP contribution in [-0.4, -0.2) is 13.7 Å². The third-order valence-electron chi connectivity index (χ3n) is 4.36. The second-order valence-corrected chi connectivity index (χ2v) is 8.64. The van der Waals surface area contributed by atoms with Crippen LogP contribution >= 0.6 is 0 Å². The molecule has 0 aliphatic carbocycles. The summed E-state index contributed by atoms with van der Waals surface area (Å²) in [4.78, 5) is 0. The number of alkyl halides is 1. The van der Waals surface area contributed by atoms with Gasteiger partial charge in [-0.25, -0.2) is 12.8 Å². The number of benzene rings is 2. The second-order valence-electron chi connectivity index (χ2n) is 6.40. The molecule has 0 amide bonds. The summed E-state index contributed by atoms with van der Waals surface area (Å²) >= 11 is 0. The van der Waals surface area contributed by atoms with Gasteiger partial charge >= 0.3 is 0 Å². The van der Waals surface area contributed by atoms with Gasteiger partial charge in [0.15, 0.2) is 0 Å². The molecule has 136 valence electrons. The molecule has 0 radical (unpaired) electrons. The molecule has 0 spiro atoms. The summed E-state index contributed by atoms with van der Waals surface area (Å²) in [5, 5.41) is 2.87. The molecule has 0 unspecified atom stereocenters. The summed E-state index contributed by atoms with van der Waals surface area (Å²) in [5.74, 6) is 0. The zero-order valence-corrected chi connectivity index (χ0v) is 15.9. The first-order chi connectivity index (χ1) is 11.7. The van der Waals surface area contributed by atoms with Crippen molar-refractivity contribution >= 4 is 21.4 Å². The van der Waals surface area contributed by atoms with Crippen molar-refractivity contribution in [1.29, 1.82) is 0 Å². The van der Waals surface area contributed by atoms with Crippen molar-refractivity contribution < 1.29 is 12.8 Å². The van der Waals surface area contributed by atoms with E-state index in [-0.39, 0.29) is 0 Å². The van der Waals surface area contributed by atoms with Gasteiger partial charge in [-0.05, 0) is 68.1 Å². The molecule has 2 rings (SSSR count). The lowest BCUT2D eigenvalue weighted by Gasteiger charge is -2.14. The van der Waals surface area contributed by atoms with Gasteiger partial charge in [0, 0.05) is 17.9 Å². The Labute approximate surface area is 149 Å². The van der Waals surface area contributed by atoms with Gasteiger partial charge in [0.05, 0.1) is 5.25 Å². The van der Waals surface area contributed by atoms with Crippen LogP contribution in [0.1, 0.15) is 36.1 Å². The average Bonchev–Trinajstić information content (AvgIpc) is 2.57. The maximum atomic E-state index is 12.9. The molecular weight excluding hydrogens is 339 g/mol. The Kier molecular flexibility index (Phi) is 6.06. The molecule has 2 aromatic carbocycles. The van der Waals surface area contributed by atoms with Crippen molar-refractivity contribution in [2.75, 3.05) is 10.0 Å². The SMILES string of the molecule is Cc1c(CF)ccc(NCc2ccc(NS(=O)(=O)C(C)C)cc2)c1C. The monoisotopic (exact) mass is 364 g/mol. The minimum Gasteiger partial charge on any atom is -0.381 e. The zero-order valence-electron chi connectivity index (χ0n) is 15.1. The number of sulfonamides is 1. The molecule has 0 aliphatic rings. The molecule has 0 saturated heterocycles. The fraction of sp³-hybridized carbons (Fsp3) is 0.368. The molecule has 0 heterocycles. The van der Waals surface area contributed by atoms with E-state index in [9.17, 15) is 12.8 Å².